The average molecular weight is 165 g/mol. The third-order valence-electron chi connectivity index (χ3n) is 1.22. The van der Waals surface area contributed by atoms with Crippen LogP contribution in [0.25, 0.3) is 0 Å². The Hall–Kier alpha value is -0.210. The predicted octanol–water partition coefficient (Wildman–Crippen LogP) is 2.04. The molecular formula is C5H6Cl2N2. The van der Waals surface area contributed by atoms with E-state index in [9.17, 15) is 0 Å². The summed E-state index contributed by atoms with van der Waals surface area (Å²) in [6.45, 7) is 1.86. The molecule has 0 aromatic carbocycles. The standard InChI is InChI=1S/C5H6Cl2N2/c1-3-4(6)5(7)8-9(3)2/h1-2H3. The van der Waals surface area contributed by atoms with Crippen LogP contribution in [0.15, 0.2) is 0 Å². The third kappa shape index (κ3) is 1.05. The zero-order chi connectivity index (χ0) is 7.02. The van der Waals surface area contributed by atoms with Gasteiger partial charge >= 0.3 is 0 Å². The maximum absolute atomic E-state index is 5.68. The topological polar surface area (TPSA) is 17.8 Å². The molecule has 0 spiro atoms. The van der Waals surface area contributed by atoms with E-state index in [1.807, 2.05) is 6.92 Å². The summed E-state index contributed by atoms with van der Waals surface area (Å²) < 4.78 is 1.64. The molecule has 0 aliphatic rings. The van der Waals surface area contributed by atoms with Gasteiger partial charge in [0.2, 0.25) is 0 Å². The normalized spacial score (nSPS) is 10.2. The molecule has 4 heteroatoms. The molecule has 9 heavy (non-hydrogen) atoms. The molecule has 1 aromatic rings. The van der Waals surface area contributed by atoms with Crippen molar-refractivity contribution < 1.29 is 0 Å². The fourth-order valence-electron chi connectivity index (χ4n) is 0.542. The number of rotatable bonds is 0. The molecule has 0 unspecified atom stereocenters. The number of hydrogen-bond acceptors (Lipinski definition) is 1. The van der Waals surface area contributed by atoms with Gasteiger partial charge in [-0.3, -0.25) is 4.68 Å². The van der Waals surface area contributed by atoms with Crippen molar-refractivity contribution in [2.75, 3.05) is 0 Å². The first kappa shape index (κ1) is 6.90. The number of aryl methyl sites for hydroxylation is 1. The van der Waals surface area contributed by atoms with E-state index in [1.54, 1.807) is 11.7 Å². The molecule has 0 aliphatic carbocycles. The summed E-state index contributed by atoms with van der Waals surface area (Å²) in [7, 11) is 1.80. The van der Waals surface area contributed by atoms with E-state index in [4.69, 9.17) is 23.2 Å². The highest BCUT2D eigenvalue weighted by molar-refractivity contribution is 6.41. The lowest BCUT2D eigenvalue weighted by molar-refractivity contribution is 0.740. The second-order valence-electron chi connectivity index (χ2n) is 1.81. The SMILES string of the molecule is Cc1c(Cl)c(Cl)nn1C. The summed E-state index contributed by atoms with van der Waals surface area (Å²) in [6.07, 6.45) is 0. The molecule has 1 rings (SSSR count). The zero-order valence-corrected chi connectivity index (χ0v) is 6.66. The Bertz CT molecular complexity index is 207. The molecule has 0 N–H and O–H groups in total. The first-order chi connectivity index (χ1) is 4.13. The summed E-state index contributed by atoms with van der Waals surface area (Å²) in [4.78, 5) is 0. The van der Waals surface area contributed by atoms with Gasteiger partial charge in [0.25, 0.3) is 0 Å². The van der Waals surface area contributed by atoms with E-state index in [0.717, 1.165) is 5.69 Å². The molecule has 0 bridgehead atoms. The summed E-state index contributed by atoms with van der Waals surface area (Å²) in [5.41, 5.74) is 0.890. The monoisotopic (exact) mass is 164 g/mol. The second kappa shape index (κ2) is 2.20. The van der Waals surface area contributed by atoms with Gasteiger partial charge < -0.3 is 0 Å². The molecule has 1 heterocycles. The molecule has 50 valence electrons. The van der Waals surface area contributed by atoms with Crippen LogP contribution in [0.5, 0.6) is 0 Å². The molecule has 2 nitrogen and oxygen atoms in total. The lowest BCUT2D eigenvalue weighted by Crippen LogP contribution is -1.91. The van der Waals surface area contributed by atoms with Gasteiger partial charge in [-0.1, -0.05) is 23.2 Å². The van der Waals surface area contributed by atoms with Crippen LogP contribution in [0, 0.1) is 6.92 Å². The van der Waals surface area contributed by atoms with Crippen molar-refractivity contribution in [2.24, 2.45) is 7.05 Å². The van der Waals surface area contributed by atoms with Crippen LogP contribution >= 0.6 is 23.2 Å². The minimum Gasteiger partial charge on any atom is -0.270 e. The van der Waals surface area contributed by atoms with E-state index in [0.29, 0.717) is 10.2 Å². The van der Waals surface area contributed by atoms with Crippen LogP contribution in [-0.2, 0) is 7.05 Å². The number of halogens is 2. The van der Waals surface area contributed by atoms with Crippen molar-refractivity contribution in [1.82, 2.24) is 9.78 Å². The highest BCUT2D eigenvalue weighted by atomic mass is 35.5. The van der Waals surface area contributed by atoms with Crippen molar-refractivity contribution in [1.29, 1.82) is 0 Å². The third-order valence-corrected chi connectivity index (χ3v) is 2.04. The Balaban J connectivity index is 3.29. The van der Waals surface area contributed by atoms with Crippen LogP contribution in [-0.4, -0.2) is 9.78 Å². The largest absolute Gasteiger partial charge is 0.270 e. The fourth-order valence-corrected chi connectivity index (χ4v) is 0.952. The Labute approximate surface area is 63.4 Å². The Morgan fingerprint density at radius 2 is 2.00 bits per heavy atom. The van der Waals surface area contributed by atoms with Gasteiger partial charge in [-0.2, -0.15) is 5.10 Å². The predicted molar refractivity (Wildman–Crippen MR) is 38.0 cm³/mol. The minimum atomic E-state index is 0.372. The summed E-state index contributed by atoms with van der Waals surface area (Å²) in [5, 5.41) is 4.77. The van der Waals surface area contributed by atoms with Crippen LogP contribution in [0.1, 0.15) is 5.69 Å². The first-order valence-electron chi connectivity index (χ1n) is 2.47. The highest BCUT2D eigenvalue weighted by Crippen LogP contribution is 2.22. The molecule has 0 fully saturated rings. The van der Waals surface area contributed by atoms with Crippen LogP contribution in [0.4, 0.5) is 0 Å². The highest BCUT2D eigenvalue weighted by Gasteiger charge is 2.06. The van der Waals surface area contributed by atoms with E-state index in [1.165, 1.54) is 0 Å². The van der Waals surface area contributed by atoms with Crippen molar-refractivity contribution >= 4 is 23.2 Å². The van der Waals surface area contributed by atoms with E-state index >= 15 is 0 Å². The van der Waals surface area contributed by atoms with E-state index in [2.05, 4.69) is 5.10 Å². The Morgan fingerprint density at radius 1 is 1.44 bits per heavy atom. The molecule has 0 atom stereocenters. The van der Waals surface area contributed by atoms with E-state index < -0.39 is 0 Å². The summed E-state index contributed by atoms with van der Waals surface area (Å²) in [6, 6.07) is 0. The number of aromatic nitrogens is 2. The molecule has 0 radical (unpaired) electrons. The Kier molecular flexibility index (Phi) is 1.68. The molecule has 0 amide bonds. The molecular weight excluding hydrogens is 159 g/mol. The van der Waals surface area contributed by atoms with Gasteiger partial charge in [-0.15, -0.1) is 0 Å². The van der Waals surface area contributed by atoms with Crippen LogP contribution < -0.4 is 0 Å². The lowest BCUT2D eigenvalue weighted by atomic mass is 10.5. The van der Waals surface area contributed by atoms with E-state index in [-0.39, 0.29) is 0 Å². The van der Waals surface area contributed by atoms with Gasteiger partial charge in [0, 0.05) is 7.05 Å². The van der Waals surface area contributed by atoms with Gasteiger partial charge in [0.05, 0.1) is 5.69 Å². The van der Waals surface area contributed by atoms with Crippen LogP contribution in [0.2, 0.25) is 10.2 Å². The molecule has 0 saturated heterocycles. The molecule has 1 aromatic heterocycles. The minimum absolute atomic E-state index is 0.372. The molecule has 0 saturated carbocycles. The fraction of sp³-hybridized carbons (Fsp3) is 0.400. The smallest absolute Gasteiger partial charge is 0.169 e. The van der Waals surface area contributed by atoms with Crippen molar-refractivity contribution in [3.63, 3.8) is 0 Å². The summed E-state index contributed by atoms with van der Waals surface area (Å²) >= 11 is 11.3. The lowest BCUT2D eigenvalue weighted by Gasteiger charge is -1.89. The van der Waals surface area contributed by atoms with Crippen molar-refractivity contribution in [3.05, 3.63) is 15.9 Å². The van der Waals surface area contributed by atoms with Gasteiger partial charge in [-0.05, 0) is 6.92 Å². The van der Waals surface area contributed by atoms with Gasteiger partial charge in [0.1, 0.15) is 5.02 Å². The number of nitrogens with zero attached hydrogens (tertiary/aromatic N) is 2. The van der Waals surface area contributed by atoms with Crippen LogP contribution in [0.3, 0.4) is 0 Å². The van der Waals surface area contributed by atoms with Crippen molar-refractivity contribution in [3.8, 4) is 0 Å². The van der Waals surface area contributed by atoms with Gasteiger partial charge in [-0.25, -0.2) is 0 Å². The zero-order valence-electron chi connectivity index (χ0n) is 5.15. The first-order valence-corrected chi connectivity index (χ1v) is 3.23. The second-order valence-corrected chi connectivity index (χ2v) is 2.55. The quantitative estimate of drug-likeness (QED) is 0.575. The maximum atomic E-state index is 5.68. The Morgan fingerprint density at radius 3 is 2.11 bits per heavy atom. The van der Waals surface area contributed by atoms with Crippen molar-refractivity contribution in [2.45, 2.75) is 6.92 Å². The average Bonchev–Trinajstić information content (AvgIpc) is 1.98. The van der Waals surface area contributed by atoms with Gasteiger partial charge in [0.15, 0.2) is 5.15 Å². The summed E-state index contributed by atoms with van der Waals surface area (Å²) in [5.74, 6) is 0. The number of hydrogen-bond donors (Lipinski definition) is 0. The molecule has 0 aliphatic heterocycles. The maximum Gasteiger partial charge on any atom is 0.169 e.